The summed E-state index contributed by atoms with van der Waals surface area (Å²) in [6, 6.07) is 4.87. The highest BCUT2D eigenvalue weighted by Gasteiger charge is 2.17. The first-order chi connectivity index (χ1) is 6.44. The van der Waals surface area contributed by atoms with Crippen molar-refractivity contribution in [2.75, 3.05) is 0 Å². The molecule has 1 rings (SSSR count). The number of benzene rings is 1. The van der Waals surface area contributed by atoms with E-state index >= 15 is 0 Å². The van der Waals surface area contributed by atoms with Gasteiger partial charge in [0.2, 0.25) is 0 Å². The summed E-state index contributed by atoms with van der Waals surface area (Å²) in [6.07, 6.45) is 1.62. The summed E-state index contributed by atoms with van der Waals surface area (Å²) in [5.74, 6) is -0.183. The smallest absolute Gasteiger partial charge is 0.123 e. The number of hydrogen-bond donors (Lipinski definition) is 1. The van der Waals surface area contributed by atoms with E-state index in [0.717, 1.165) is 24.0 Å². The van der Waals surface area contributed by atoms with E-state index in [9.17, 15) is 4.39 Å². The quantitative estimate of drug-likeness (QED) is 0.788. The Bertz CT molecular complexity index is 318. The molecule has 0 amide bonds. The Hall–Kier alpha value is -0.890. The molecule has 0 fully saturated rings. The van der Waals surface area contributed by atoms with Gasteiger partial charge in [-0.05, 0) is 49.9 Å². The maximum Gasteiger partial charge on any atom is 0.123 e. The summed E-state index contributed by atoms with van der Waals surface area (Å²) in [5.41, 5.74) is 7.93. The number of halogens is 1. The molecule has 0 spiro atoms. The van der Waals surface area contributed by atoms with Gasteiger partial charge >= 0.3 is 0 Å². The van der Waals surface area contributed by atoms with Crippen molar-refractivity contribution in [1.82, 2.24) is 0 Å². The van der Waals surface area contributed by atoms with E-state index in [2.05, 4.69) is 6.92 Å². The van der Waals surface area contributed by atoms with Gasteiger partial charge in [-0.2, -0.15) is 0 Å². The zero-order valence-corrected chi connectivity index (χ0v) is 9.10. The molecule has 14 heavy (non-hydrogen) atoms. The van der Waals surface area contributed by atoms with Gasteiger partial charge in [0.1, 0.15) is 5.82 Å². The van der Waals surface area contributed by atoms with E-state index in [1.807, 2.05) is 13.8 Å². The van der Waals surface area contributed by atoms with Crippen LogP contribution in [0, 0.1) is 12.7 Å². The molecule has 1 aromatic carbocycles. The number of nitrogens with two attached hydrogens (primary N) is 1. The van der Waals surface area contributed by atoms with Crippen LogP contribution in [0.1, 0.15) is 31.4 Å². The Morgan fingerprint density at radius 2 is 2.07 bits per heavy atom. The third kappa shape index (κ3) is 2.81. The number of hydrogen-bond acceptors (Lipinski definition) is 1. The molecule has 0 saturated carbocycles. The van der Waals surface area contributed by atoms with E-state index in [0.29, 0.717) is 0 Å². The lowest BCUT2D eigenvalue weighted by Crippen LogP contribution is -2.37. The van der Waals surface area contributed by atoms with Gasteiger partial charge in [-0.25, -0.2) is 4.39 Å². The molecule has 78 valence electrons. The van der Waals surface area contributed by atoms with Crippen LogP contribution in [0.5, 0.6) is 0 Å². The largest absolute Gasteiger partial charge is 0.325 e. The van der Waals surface area contributed by atoms with E-state index in [1.165, 1.54) is 6.07 Å². The first-order valence-corrected chi connectivity index (χ1v) is 4.98. The maximum atomic E-state index is 13.0. The van der Waals surface area contributed by atoms with Crippen LogP contribution in [-0.4, -0.2) is 5.54 Å². The molecule has 0 aromatic heterocycles. The Kier molecular flexibility index (Phi) is 3.27. The summed E-state index contributed by atoms with van der Waals surface area (Å²) in [7, 11) is 0. The second-order valence-electron chi connectivity index (χ2n) is 4.26. The fourth-order valence-corrected chi connectivity index (χ4v) is 1.39. The van der Waals surface area contributed by atoms with Crippen LogP contribution in [0.3, 0.4) is 0 Å². The molecule has 1 nitrogen and oxygen atoms in total. The molecule has 0 bridgehead atoms. The molecule has 1 aromatic rings. The van der Waals surface area contributed by atoms with Crippen LogP contribution in [0.15, 0.2) is 18.2 Å². The predicted octanol–water partition coefficient (Wildman–Crippen LogP) is 2.80. The SMILES string of the molecule is CCC(C)(N)Cc1cc(F)ccc1C. The van der Waals surface area contributed by atoms with Crippen molar-refractivity contribution < 1.29 is 4.39 Å². The lowest BCUT2D eigenvalue weighted by atomic mass is 9.89. The zero-order valence-electron chi connectivity index (χ0n) is 9.10. The number of rotatable bonds is 3. The van der Waals surface area contributed by atoms with Crippen LogP contribution in [0.2, 0.25) is 0 Å². The highest BCUT2D eigenvalue weighted by atomic mass is 19.1. The van der Waals surface area contributed by atoms with Crippen LogP contribution < -0.4 is 5.73 Å². The zero-order chi connectivity index (χ0) is 10.8. The van der Waals surface area contributed by atoms with Crippen LogP contribution >= 0.6 is 0 Å². The second-order valence-corrected chi connectivity index (χ2v) is 4.26. The molecule has 1 unspecified atom stereocenters. The topological polar surface area (TPSA) is 26.0 Å². The number of aryl methyl sites for hydroxylation is 1. The Morgan fingerprint density at radius 3 is 2.64 bits per heavy atom. The van der Waals surface area contributed by atoms with Gasteiger partial charge in [-0.15, -0.1) is 0 Å². The Labute approximate surface area is 85.1 Å². The lowest BCUT2D eigenvalue weighted by molar-refractivity contribution is 0.448. The molecule has 0 saturated heterocycles. The van der Waals surface area contributed by atoms with Crippen molar-refractivity contribution in [1.29, 1.82) is 0 Å². The molecule has 2 N–H and O–H groups in total. The maximum absolute atomic E-state index is 13.0. The molecule has 0 aliphatic heterocycles. The normalized spacial score (nSPS) is 15.2. The third-order valence-corrected chi connectivity index (χ3v) is 2.71. The standard InChI is InChI=1S/C12H18FN/c1-4-12(3,14)8-10-7-11(13)6-5-9(10)2/h5-7H,4,8,14H2,1-3H3. The molecular weight excluding hydrogens is 177 g/mol. The Balaban J connectivity index is 2.91. The monoisotopic (exact) mass is 195 g/mol. The van der Waals surface area contributed by atoms with Gasteiger partial charge in [-0.3, -0.25) is 0 Å². The van der Waals surface area contributed by atoms with Gasteiger partial charge in [-0.1, -0.05) is 13.0 Å². The molecular formula is C12H18FN. The van der Waals surface area contributed by atoms with Crippen molar-refractivity contribution >= 4 is 0 Å². The van der Waals surface area contributed by atoms with E-state index in [4.69, 9.17) is 5.73 Å². The van der Waals surface area contributed by atoms with Gasteiger partial charge in [0.05, 0.1) is 0 Å². The first kappa shape index (κ1) is 11.2. The fraction of sp³-hybridized carbons (Fsp3) is 0.500. The highest BCUT2D eigenvalue weighted by Crippen LogP contribution is 2.18. The van der Waals surface area contributed by atoms with E-state index in [-0.39, 0.29) is 11.4 Å². The van der Waals surface area contributed by atoms with Crippen molar-refractivity contribution in [3.8, 4) is 0 Å². The summed E-state index contributed by atoms with van der Waals surface area (Å²) in [5, 5.41) is 0. The summed E-state index contributed by atoms with van der Waals surface area (Å²) >= 11 is 0. The van der Waals surface area contributed by atoms with Crippen molar-refractivity contribution in [2.24, 2.45) is 5.73 Å². The van der Waals surface area contributed by atoms with E-state index in [1.54, 1.807) is 12.1 Å². The van der Waals surface area contributed by atoms with Crippen molar-refractivity contribution in [3.05, 3.63) is 35.1 Å². The van der Waals surface area contributed by atoms with Gasteiger partial charge in [0.25, 0.3) is 0 Å². The van der Waals surface area contributed by atoms with Crippen molar-refractivity contribution in [2.45, 2.75) is 39.2 Å². The van der Waals surface area contributed by atoms with Crippen molar-refractivity contribution in [3.63, 3.8) is 0 Å². The molecule has 0 radical (unpaired) electrons. The average Bonchev–Trinajstić information content (AvgIpc) is 2.11. The summed E-state index contributed by atoms with van der Waals surface area (Å²) < 4.78 is 13.0. The average molecular weight is 195 g/mol. The summed E-state index contributed by atoms with van der Waals surface area (Å²) in [4.78, 5) is 0. The van der Waals surface area contributed by atoms with Crippen LogP contribution in [0.25, 0.3) is 0 Å². The minimum Gasteiger partial charge on any atom is -0.325 e. The molecule has 2 heteroatoms. The summed E-state index contributed by atoms with van der Waals surface area (Å²) in [6.45, 7) is 6.03. The first-order valence-electron chi connectivity index (χ1n) is 4.98. The molecule has 0 heterocycles. The molecule has 0 aliphatic rings. The van der Waals surface area contributed by atoms with Crippen LogP contribution in [0.4, 0.5) is 4.39 Å². The molecule has 0 aliphatic carbocycles. The minimum absolute atomic E-state index is 0.183. The second kappa shape index (κ2) is 4.09. The third-order valence-electron chi connectivity index (χ3n) is 2.71. The fourth-order valence-electron chi connectivity index (χ4n) is 1.39. The van der Waals surface area contributed by atoms with Gasteiger partial charge < -0.3 is 5.73 Å². The highest BCUT2D eigenvalue weighted by molar-refractivity contribution is 5.28. The predicted molar refractivity (Wildman–Crippen MR) is 57.7 cm³/mol. The van der Waals surface area contributed by atoms with Gasteiger partial charge in [0.15, 0.2) is 0 Å². The van der Waals surface area contributed by atoms with E-state index < -0.39 is 0 Å². The lowest BCUT2D eigenvalue weighted by Gasteiger charge is -2.23. The molecule has 1 atom stereocenters. The Morgan fingerprint density at radius 1 is 1.43 bits per heavy atom. The van der Waals surface area contributed by atoms with Gasteiger partial charge in [0, 0.05) is 5.54 Å². The van der Waals surface area contributed by atoms with Crippen LogP contribution in [-0.2, 0) is 6.42 Å². The minimum atomic E-state index is -0.238.